The number of aliphatic hydroxyl groups is 9. The first-order valence-electron chi connectivity index (χ1n) is 13.7. The fraction of sp³-hybridized carbons (Fsp3) is 1.00. The zero-order chi connectivity index (χ0) is 27.1. The van der Waals surface area contributed by atoms with E-state index in [-0.39, 0.29) is 38.2 Å². The SMILES string of the molecule is C[C@@H]1O[C@@H](O[C@H]2C[C@@H](O)[C@]3(CO)[C@H]4[C@H](O)C[C@]5(C)[C@@H](CO)CC[C@]5(O)[C@@H]4CC[C@]3(O)C2)[C@H](O)[C@H](O)[C@H]1O. The van der Waals surface area contributed by atoms with Crippen molar-refractivity contribution in [2.45, 2.75) is 119 Å². The summed E-state index contributed by atoms with van der Waals surface area (Å²) in [5.41, 5.74) is -5.10. The number of fused-ring (bicyclic) bond motifs is 5. The standard InChI is InChI=1S/C26H44O11/c1-12-19(31)20(32)21(33)22(36-12)37-14-7-17(30)25(11-28)18-15(4-5-24(25,34)8-14)26(35)6-3-13(10-27)23(26,2)9-16(18)29/h12-22,27-35H,3-11H2,1-2H3/t12-,13+,14-,15+,16+,17+,18+,19-,20+,21+,22-,23+,24-,25+,26-/m0/s1. The monoisotopic (exact) mass is 532 g/mol. The van der Waals surface area contributed by atoms with Crippen LogP contribution in [0.5, 0.6) is 0 Å². The molecule has 0 radical (unpaired) electrons. The van der Waals surface area contributed by atoms with Crippen LogP contribution in [0.4, 0.5) is 0 Å². The summed E-state index contributed by atoms with van der Waals surface area (Å²) in [5, 5.41) is 98.4. The zero-order valence-electron chi connectivity index (χ0n) is 21.6. The van der Waals surface area contributed by atoms with E-state index in [0.29, 0.717) is 19.3 Å². The maximum Gasteiger partial charge on any atom is 0.186 e. The van der Waals surface area contributed by atoms with Crippen LogP contribution in [0, 0.1) is 28.6 Å². The van der Waals surface area contributed by atoms with Gasteiger partial charge in [0.2, 0.25) is 0 Å². The molecule has 11 heteroatoms. The van der Waals surface area contributed by atoms with Crippen LogP contribution < -0.4 is 0 Å². The third-order valence-corrected chi connectivity index (χ3v) is 11.5. The van der Waals surface area contributed by atoms with Gasteiger partial charge in [0, 0.05) is 30.8 Å². The van der Waals surface area contributed by atoms with E-state index in [1.165, 1.54) is 6.92 Å². The van der Waals surface area contributed by atoms with Crippen LogP contribution in [-0.4, -0.2) is 119 Å². The normalized spacial score (nSPS) is 59.9. The molecule has 11 nitrogen and oxygen atoms in total. The predicted molar refractivity (Wildman–Crippen MR) is 127 cm³/mol. The van der Waals surface area contributed by atoms with Crippen molar-refractivity contribution in [2.24, 2.45) is 28.6 Å². The third-order valence-electron chi connectivity index (χ3n) is 11.5. The molecular formula is C26H44O11. The molecule has 5 aliphatic rings. The number of ether oxygens (including phenoxy) is 2. The Labute approximate surface area is 216 Å². The first-order valence-corrected chi connectivity index (χ1v) is 13.7. The van der Waals surface area contributed by atoms with E-state index in [4.69, 9.17) is 9.47 Å². The van der Waals surface area contributed by atoms with Crippen LogP contribution in [0.15, 0.2) is 0 Å². The highest BCUT2D eigenvalue weighted by Crippen LogP contribution is 2.69. The van der Waals surface area contributed by atoms with Crippen molar-refractivity contribution in [3.05, 3.63) is 0 Å². The molecule has 0 amide bonds. The molecule has 4 aliphatic carbocycles. The van der Waals surface area contributed by atoms with E-state index < -0.39 is 89.5 Å². The third kappa shape index (κ3) is 3.66. The molecule has 5 fully saturated rings. The largest absolute Gasteiger partial charge is 0.396 e. The Morgan fingerprint density at radius 2 is 1.62 bits per heavy atom. The lowest BCUT2D eigenvalue weighted by atomic mass is 9.40. The number of hydrogen-bond donors (Lipinski definition) is 9. The van der Waals surface area contributed by atoms with Crippen LogP contribution in [0.25, 0.3) is 0 Å². The van der Waals surface area contributed by atoms with E-state index in [9.17, 15) is 46.0 Å². The van der Waals surface area contributed by atoms with Crippen molar-refractivity contribution in [2.75, 3.05) is 13.2 Å². The van der Waals surface area contributed by atoms with Crippen molar-refractivity contribution < 1.29 is 55.4 Å². The highest BCUT2D eigenvalue weighted by molar-refractivity contribution is 5.24. The van der Waals surface area contributed by atoms with E-state index in [1.807, 2.05) is 6.92 Å². The Kier molecular flexibility index (Phi) is 7.07. The maximum absolute atomic E-state index is 12.0. The van der Waals surface area contributed by atoms with Crippen molar-refractivity contribution in [3.8, 4) is 0 Å². The minimum atomic E-state index is -1.64. The van der Waals surface area contributed by atoms with Gasteiger partial charge in [0.1, 0.15) is 18.3 Å². The summed E-state index contributed by atoms with van der Waals surface area (Å²) in [6, 6.07) is 0. The fourth-order valence-electron chi connectivity index (χ4n) is 9.30. The maximum atomic E-state index is 12.0. The Hall–Kier alpha value is -0.440. The molecular weight excluding hydrogens is 488 g/mol. The van der Waals surface area contributed by atoms with E-state index >= 15 is 0 Å². The van der Waals surface area contributed by atoms with Gasteiger partial charge in [-0.25, -0.2) is 0 Å². The minimum Gasteiger partial charge on any atom is -0.396 e. The van der Waals surface area contributed by atoms with Gasteiger partial charge in [-0.15, -0.1) is 0 Å². The van der Waals surface area contributed by atoms with E-state index in [0.717, 1.165) is 0 Å². The Morgan fingerprint density at radius 1 is 0.919 bits per heavy atom. The van der Waals surface area contributed by atoms with Gasteiger partial charge in [0.25, 0.3) is 0 Å². The second-order valence-corrected chi connectivity index (χ2v) is 12.8. The molecule has 214 valence electrons. The molecule has 15 atom stereocenters. The Morgan fingerprint density at radius 3 is 2.27 bits per heavy atom. The Balaban J connectivity index is 1.43. The second-order valence-electron chi connectivity index (χ2n) is 12.8. The highest BCUT2D eigenvalue weighted by Gasteiger charge is 2.75. The number of hydrogen-bond acceptors (Lipinski definition) is 11. The van der Waals surface area contributed by atoms with Gasteiger partial charge in [-0.2, -0.15) is 0 Å². The smallest absolute Gasteiger partial charge is 0.186 e. The van der Waals surface area contributed by atoms with Gasteiger partial charge < -0.3 is 55.4 Å². The van der Waals surface area contributed by atoms with E-state index in [2.05, 4.69) is 0 Å². The van der Waals surface area contributed by atoms with Crippen LogP contribution >= 0.6 is 0 Å². The van der Waals surface area contributed by atoms with Gasteiger partial charge in [0.05, 0.1) is 47.6 Å². The van der Waals surface area contributed by atoms with Gasteiger partial charge in [-0.05, 0) is 50.9 Å². The quantitative estimate of drug-likeness (QED) is 0.181. The molecule has 5 rings (SSSR count). The van der Waals surface area contributed by atoms with Gasteiger partial charge in [0.15, 0.2) is 6.29 Å². The summed E-state index contributed by atoms with van der Waals surface area (Å²) in [4.78, 5) is 0. The molecule has 1 heterocycles. The second kappa shape index (κ2) is 9.31. The molecule has 0 aromatic carbocycles. The molecule has 4 saturated carbocycles. The molecule has 0 unspecified atom stereocenters. The molecule has 0 aromatic rings. The fourth-order valence-corrected chi connectivity index (χ4v) is 9.30. The average molecular weight is 533 g/mol. The first-order chi connectivity index (χ1) is 17.3. The molecule has 0 bridgehead atoms. The van der Waals surface area contributed by atoms with Crippen molar-refractivity contribution in [3.63, 3.8) is 0 Å². The summed E-state index contributed by atoms with van der Waals surface area (Å²) in [5.74, 6) is -1.44. The van der Waals surface area contributed by atoms with Gasteiger partial charge >= 0.3 is 0 Å². The zero-order valence-corrected chi connectivity index (χ0v) is 21.6. The summed E-state index contributed by atoms with van der Waals surface area (Å²) < 4.78 is 11.5. The van der Waals surface area contributed by atoms with Crippen LogP contribution in [0.3, 0.4) is 0 Å². The highest BCUT2D eigenvalue weighted by atomic mass is 16.7. The Bertz CT molecular complexity index is 860. The van der Waals surface area contributed by atoms with Crippen molar-refractivity contribution in [1.82, 2.24) is 0 Å². The average Bonchev–Trinajstić information content (AvgIpc) is 3.10. The topological polar surface area (TPSA) is 201 Å². The molecule has 0 spiro atoms. The van der Waals surface area contributed by atoms with Crippen molar-refractivity contribution >= 4 is 0 Å². The summed E-state index contributed by atoms with van der Waals surface area (Å²) in [7, 11) is 0. The van der Waals surface area contributed by atoms with Crippen molar-refractivity contribution in [1.29, 1.82) is 0 Å². The lowest BCUT2D eigenvalue weighted by molar-refractivity contribution is -0.342. The summed E-state index contributed by atoms with van der Waals surface area (Å²) in [6.07, 6.45) is -7.87. The van der Waals surface area contributed by atoms with Crippen LogP contribution in [0.2, 0.25) is 0 Å². The lowest BCUT2D eigenvalue weighted by Gasteiger charge is -2.68. The molecule has 1 aliphatic heterocycles. The van der Waals surface area contributed by atoms with E-state index in [1.54, 1.807) is 0 Å². The number of rotatable bonds is 4. The van der Waals surface area contributed by atoms with Gasteiger partial charge in [-0.3, -0.25) is 0 Å². The molecule has 37 heavy (non-hydrogen) atoms. The molecule has 0 aromatic heterocycles. The molecule has 9 N–H and O–H groups in total. The summed E-state index contributed by atoms with van der Waals surface area (Å²) in [6.45, 7) is 2.73. The molecule has 1 saturated heterocycles. The number of aliphatic hydroxyl groups excluding tert-OH is 7. The van der Waals surface area contributed by atoms with Gasteiger partial charge in [-0.1, -0.05) is 6.92 Å². The predicted octanol–water partition coefficient (Wildman–Crippen LogP) is -2.01. The minimum absolute atomic E-state index is 0.0187. The summed E-state index contributed by atoms with van der Waals surface area (Å²) >= 11 is 0. The van der Waals surface area contributed by atoms with Crippen LogP contribution in [0.1, 0.15) is 58.8 Å². The first kappa shape index (κ1) is 28.1. The van der Waals surface area contributed by atoms with Crippen LogP contribution in [-0.2, 0) is 9.47 Å². The lowest BCUT2D eigenvalue weighted by Crippen LogP contribution is -2.76.